The van der Waals surface area contributed by atoms with Crippen LogP contribution in [-0.2, 0) is 7.05 Å². The Labute approximate surface area is 123 Å². The lowest BCUT2D eigenvalue weighted by Crippen LogP contribution is -2.53. The number of likely N-dealkylation sites (tertiary alicyclic amines) is 1. The minimum absolute atomic E-state index is 0.0920. The third-order valence-corrected chi connectivity index (χ3v) is 4.57. The standard InChI is InChI=1S/C16H30N4/c1-5-17-15(14-10-13-19(4)18-14)16(2,3)20-11-8-6-7-9-12-20/h10,13,15,17H,5-9,11-12H2,1-4H3. The molecule has 1 aromatic rings. The van der Waals surface area contributed by atoms with Gasteiger partial charge in [0.1, 0.15) is 0 Å². The molecular weight excluding hydrogens is 248 g/mol. The minimum Gasteiger partial charge on any atom is -0.307 e. The molecule has 0 saturated carbocycles. The molecular formula is C16H30N4. The number of hydrogen-bond donors (Lipinski definition) is 1. The highest BCUT2D eigenvalue weighted by molar-refractivity contribution is 5.13. The number of nitrogens with one attached hydrogen (secondary N) is 1. The number of aryl methyl sites for hydroxylation is 1. The van der Waals surface area contributed by atoms with E-state index in [4.69, 9.17) is 0 Å². The van der Waals surface area contributed by atoms with Gasteiger partial charge in [0.15, 0.2) is 0 Å². The van der Waals surface area contributed by atoms with Crippen LogP contribution in [0.3, 0.4) is 0 Å². The lowest BCUT2D eigenvalue weighted by molar-refractivity contribution is 0.0822. The van der Waals surface area contributed by atoms with Gasteiger partial charge in [-0.05, 0) is 52.4 Å². The second-order valence-corrected chi connectivity index (χ2v) is 6.46. The maximum Gasteiger partial charge on any atom is 0.0812 e. The van der Waals surface area contributed by atoms with Crippen molar-refractivity contribution in [2.45, 2.75) is 58.0 Å². The molecule has 0 amide bonds. The van der Waals surface area contributed by atoms with Crippen molar-refractivity contribution in [1.29, 1.82) is 0 Å². The van der Waals surface area contributed by atoms with E-state index in [-0.39, 0.29) is 11.6 Å². The molecule has 0 aromatic carbocycles. The van der Waals surface area contributed by atoms with Gasteiger partial charge >= 0.3 is 0 Å². The molecule has 2 rings (SSSR count). The summed E-state index contributed by atoms with van der Waals surface area (Å²) in [6.45, 7) is 10.3. The zero-order valence-corrected chi connectivity index (χ0v) is 13.5. The molecule has 0 spiro atoms. The van der Waals surface area contributed by atoms with E-state index in [1.54, 1.807) is 0 Å². The van der Waals surface area contributed by atoms with Crippen LogP contribution in [0.15, 0.2) is 12.3 Å². The van der Waals surface area contributed by atoms with E-state index < -0.39 is 0 Å². The maximum absolute atomic E-state index is 4.64. The summed E-state index contributed by atoms with van der Waals surface area (Å²) in [5, 5.41) is 8.29. The Bertz CT molecular complexity index is 402. The van der Waals surface area contributed by atoms with Crippen molar-refractivity contribution >= 4 is 0 Å². The fourth-order valence-electron chi connectivity index (χ4n) is 3.34. The van der Waals surface area contributed by atoms with Crippen molar-refractivity contribution in [2.24, 2.45) is 7.05 Å². The highest BCUT2D eigenvalue weighted by Gasteiger charge is 2.37. The molecule has 1 unspecified atom stereocenters. The molecule has 0 aliphatic carbocycles. The predicted octanol–water partition coefficient (Wildman–Crippen LogP) is 2.73. The molecule has 4 nitrogen and oxygen atoms in total. The fourth-order valence-corrected chi connectivity index (χ4v) is 3.34. The van der Waals surface area contributed by atoms with Gasteiger partial charge in [-0.3, -0.25) is 9.58 Å². The van der Waals surface area contributed by atoms with Gasteiger partial charge in [-0.1, -0.05) is 19.8 Å². The molecule has 1 aromatic heterocycles. The van der Waals surface area contributed by atoms with Gasteiger partial charge in [-0.25, -0.2) is 0 Å². The molecule has 20 heavy (non-hydrogen) atoms. The largest absolute Gasteiger partial charge is 0.307 e. The second-order valence-electron chi connectivity index (χ2n) is 6.46. The van der Waals surface area contributed by atoms with Gasteiger partial charge in [-0.15, -0.1) is 0 Å². The average Bonchev–Trinajstić information content (AvgIpc) is 2.68. The first-order valence-electron chi connectivity index (χ1n) is 8.03. The fraction of sp³-hybridized carbons (Fsp3) is 0.812. The van der Waals surface area contributed by atoms with Crippen LogP contribution in [0.5, 0.6) is 0 Å². The van der Waals surface area contributed by atoms with Crippen LogP contribution in [0.2, 0.25) is 0 Å². The zero-order chi connectivity index (χ0) is 14.6. The molecule has 2 heterocycles. The SMILES string of the molecule is CCNC(c1ccn(C)n1)C(C)(C)N1CCCCCC1. The Balaban J connectivity index is 2.21. The van der Waals surface area contributed by atoms with Crippen molar-refractivity contribution in [3.05, 3.63) is 18.0 Å². The van der Waals surface area contributed by atoms with Gasteiger partial charge < -0.3 is 5.32 Å². The smallest absolute Gasteiger partial charge is 0.0812 e. The normalized spacial score (nSPS) is 19.8. The van der Waals surface area contributed by atoms with E-state index in [0.29, 0.717) is 0 Å². The Kier molecular flexibility index (Phi) is 5.22. The molecule has 0 radical (unpaired) electrons. The highest BCUT2D eigenvalue weighted by Crippen LogP contribution is 2.32. The number of nitrogens with zero attached hydrogens (tertiary/aromatic N) is 3. The van der Waals surface area contributed by atoms with Crippen LogP contribution in [0.25, 0.3) is 0 Å². The minimum atomic E-state index is 0.0920. The number of likely N-dealkylation sites (N-methyl/N-ethyl adjacent to an activating group) is 1. The average molecular weight is 278 g/mol. The first-order chi connectivity index (χ1) is 9.55. The summed E-state index contributed by atoms with van der Waals surface area (Å²) in [6, 6.07) is 2.43. The van der Waals surface area contributed by atoms with E-state index >= 15 is 0 Å². The monoisotopic (exact) mass is 278 g/mol. The third-order valence-electron chi connectivity index (χ3n) is 4.57. The van der Waals surface area contributed by atoms with Crippen LogP contribution in [0.4, 0.5) is 0 Å². The lowest BCUT2D eigenvalue weighted by atomic mass is 9.89. The number of hydrogen-bond acceptors (Lipinski definition) is 3. The molecule has 1 fully saturated rings. The quantitative estimate of drug-likeness (QED) is 0.899. The zero-order valence-electron chi connectivity index (χ0n) is 13.5. The Morgan fingerprint density at radius 1 is 1.25 bits per heavy atom. The first-order valence-corrected chi connectivity index (χ1v) is 8.03. The van der Waals surface area contributed by atoms with Crippen molar-refractivity contribution in [3.8, 4) is 0 Å². The first kappa shape index (κ1) is 15.5. The van der Waals surface area contributed by atoms with E-state index in [1.165, 1.54) is 38.8 Å². The molecule has 4 heteroatoms. The molecule has 1 atom stereocenters. The Hall–Kier alpha value is -0.870. The summed E-state index contributed by atoms with van der Waals surface area (Å²) in [7, 11) is 1.99. The Morgan fingerprint density at radius 2 is 1.90 bits per heavy atom. The summed E-state index contributed by atoms with van der Waals surface area (Å²) in [5.74, 6) is 0. The van der Waals surface area contributed by atoms with Crippen LogP contribution >= 0.6 is 0 Å². The summed E-state index contributed by atoms with van der Waals surface area (Å²) >= 11 is 0. The van der Waals surface area contributed by atoms with Crippen molar-refractivity contribution in [3.63, 3.8) is 0 Å². The summed E-state index contributed by atoms with van der Waals surface area (Å²) in [4.78, 5) is 2.65. The summed E-state index contributed by atoms with van der Waals surface area (Å²) < 4.78 is 1.90. The van der Waals surface area contributed by atoms with E-state index in [9.17, 15) is 0 Å². The van der Waals surface area contributed by atoms with Crippen LogP contribution in [0.1, 0.15) is 58.2 Å². The van der Waals surface area contributed by atoms with Crippen LogP contribution < -0.4 is 5.32 Å². The van der Waals surface area contributed by atoms with Crippen molar-refractivity contribution < 1.29 is 0 Å². The Morgan fingerprint density at radius 3 is 2.40 bits per heavy atom. The lowest BCUT2D eigenvalue weighted by Gasteiger charge is -2.43. The van der Waals surface area contributed by atoms with Gasteiger partial charge in [0.25, 0.3) is 0 Å². The molecule has 1 aliphatic heterocycles. The highest BCUT2D eigenvalue weighted by atomic mass is 15.3. The van der Waals surface area contributed by atoms with Crippen LogP contribution in [-0.4, -0.2) is 39.9 Å². The van der Waals surface area contributed by atoms with E-state index in [2.05, 4.69) is 42.2 Å². The van der Waals surface area contributed by atoms with Crippen LogP contribution in [0, 0.1) is 0 Å². The summed E-state index contributed by atoms with van der Waals surface area (Å²) in [5.41, 5.74) is 1.25. The third kappa shape index (κ3) is 3.41. The van der Waals surface area contributed by atoms with Crippen molar-refractivity contribution in [2.75, 3.05) is 19.6 Å². The molecule has 1 saturated heterocycles. The number of rotatable bonds is 5. The molecule has 1 aliphatic rings. The van der Waals surface area contributed by atoms with Crippen molar-refractivity contribution in [1.82, 2.24) is 20.0 Å². The molecule has 114 valence electrons. The van der Waals surface area contributed by atoms with Gasteiger partial charge in [0.2, 0.25) is 0 Å². The predicted molar refractivity (Wildman–Crippen MR) is 83.7 cm³/mol. The molecule has 0 bridgehead atoms. The summed E-state index contributed by atoms with van der Waals surface area (Å²) in [6.07, 6.45) is 7.44. The number of aromatic nitrogens is 2. The second kappa shape index (κ2) is 6.72. The van der Waals surface area contributed by atoms with E-state index in [0.717, 1.165) is 12.2 Å². The topological polar surface area (TPSA) is 33.1 Å². The van der Waals surface area contributed by atoms with Gasteiger partial charge in [-0.2, -0.15) is 5.10 Å². The molecule has 1 N–H and O–H groups in total. The van der Waals surface area contributed by atoms with Gasteiger partial charge in [0, 0.05) is 18.8 Å². The van der Waals surface area contributed by atoms with E-state index in [1.807, 2.05) is 17.9 Å². The van der Waals surface area contributed by atoms with Gasteiger partial charge in [0.05, 0.1) is 11.7 Å². The maximum atomic E-state index is 4.64.